The Hall–Kier alpha value is -1.53. The first kappa shape index (κ1) is 18.8. The first-order valence-electron chi connectivity index (χ1n) is 7.64. The van der Waals surface area contributed by atoms with Crippen LogP contribution in [0.5, 0.6) is 17.5 Å². The van der Waals surface area contributed by atoms with Gasteiger partial charge in [0.25, 0.3) is 0 Å². The summed E-state index contributed by atoms with van der Waals surface area (Å²) in [6.45, 7) is 5.41. The fraction of sp³-hybridized carbons (Fsp3) is 0.375. The van der Waals surface area contributed by atoms with Gasteiger partial charge in [-0.25, -0.2) is 0 Å². The van der Waals surface area contributed by atoms with Gasteiger partial charge in [0.1, 0.15) is 5.75 Å². The van der Waals surface area contributed by atoms with E-state index in [1.54, 1.807) is 6.07 Å². The molecule has 0 aliphatic heterocycles. The van der Waals surface area contributed by atoms with Gasteiger partial charge in [-0.2, -0.15) is 0 Å². The van der Waals surface area contributed by atoms with Crippen LogP contribution in [0.4, 0.5) is 0 Å². The average molecular weight is 368 g/mol. The molecule has 0 saturated heterocycles. The van der Waals surface area contributed by atoms with Crippen molar-refractivity contribution in [1.82, 2.24) is 10.2 Å². The third-order valence-corrected chi connectivity index (χ3v) is 5.40. The molecule has 0 fully saturated rings. The summed E-state index contributed by atoms with van der Waals surface area (Å²) < 4.78 is 22.4. The molecule has 24 heavy (non-hydrogen) atoms. The maximum atomic E-state index is 5.76. The molecule has 1 heterocycles. The molecule has 0 spiro atoms. The first-order chi connectivity index (χ1) is 11.5. The Morgan fingerprint density at radius 2 is 1.67 bits per heavy atom. The van der Waals surface area contributed by atoms with E-state index in [0.29, 0.717) is 19.1 Å². The van der Waals surface area contributed by atoms with Crippen LogP contribution in [0, 0.1) is 13.8 Å². The second-order valence-corrected chi connectivity index (χ2v) is 7.85. The summed E-state index contributed by atoms with van der Waals surface area (Å²) in [5, 5.41) is 8.10. The van der Waals surface area contributed by atoms with E-state index in [1.165, 1.54) is 0 Å². The number of ether oxygens (including phenoxy) is 1. The average Bonchev–Trinajstić information content (AvgIpc) is 2.53. The quantitative estimate of drug-likeness (QED) is 0.633. The molecule has 0 radical (unpaired) electrons. The van der Waals surface area contributed by atoms with Crippen molar-refractivity contribution in [3.63, 3.8) is 0 Å². The molecule has 1 aromatic heterocycles. The predicted molar refractivity (Wildman–Crippen MR) is 96.2 cm³/mol. The van der Waals surface area contributed by atoms with Crippen molar-refractivity contribution in [3.05, 3.63) is 41.5 Å². The molecule has 0 amide bonds. The number of benzene rings is 1. The van der Waals surface area contributed by atoms with Gasteiger partial charge in [0, 0.05) is 23.4 Å². The molecule has 0 saturated carbocycles. The molecule has 6 nitrogen and oxygen atoms in total. The number of aromatic nitrogens is 2. The zero-order chi connectivity index (χ0) is 17.6. The molecule has 8 heteroatoms. The van der Waals surface area contributed by atoms with Crippen LogP contribution < -0.4 is 9.26 Å². The summed E-state index contributed by atoms with van der Waals surface area (Å²) in [6.07, 6.45) is 0. The molecule has 0 atom stereocenters. The Labute approximate surface area is 147 Å². The molecule has 0 bridgehead atoms. The molecular weight excluding hydrogens is 347 g/mol. The van der Waals surface area contributed by atoms with E-state index < -0.39 is 6.72 Å². The summed E-state index contributed by atoms with van der Waals surface area (Å²) in [7, 11) is 0. The van der Waals surface area contributed by atoms with Gasteiger partial charge in [0.2, 0.25) is 11.8 Å². The lowest BCUT2D eigenvalue weighted by Crippen LogP contribution is -2.05. The normalized spacial score (nSPS) is 11.3. The minimum Gasteiger partial charge on any atom is -0.437 e. The lowest BCUT2D eigenvalue weighted by molar-refractivity contribution is 0.215. The number of hydrogen-bond donors (Lipinski definition) is 0. The largest absolute Gasteiger partial charge is 0.437 e. The van der Waals surface area contributed by atoms with Crippen LogP contribution in [0.15, 0.2) is 30.3 Å². The van der Waals surface area contributed by atoms with Crippen molar-refractivity contribution in [2.45, 2.75) is 27.7 Å². The van der Waals surface area contributed by atoms with E-state index in [2.05, 4.69) is 10.2 Å². The number of hydrogen-bond acceptors (Lipinski definition) is 7. The molecule has 2 rings (SSSR count). The van der Waals surface area contributed by atoms with Gasteiger partial charge in [0.05, 0.1) is 13.2 Å². The van der Waals surface area contributed by atoms with Gasteiger partial charge >= 0.3 is 6.72 Å². The van der Waals surface area contributed by atoms with Gasteiger partial charge in [-0.1, -0.05) is 18.2 Å². The summed E-state index contributed by atoms with van der Waals surface area (Å²) in [6, 6.07) is 9.44. The molecule has 0 N–H and O–H groups in total. The number of rotatable bonds is 8. The van der Waals surface area contributed by atoms with Gasteiger partial charge in [0.15, 0.2) is 0 Å². The van der Waals surface area contributed by atoms with E-state index in [9.17, 15) is 0 Å². The smallest absolute Gasteiger partial charge is 0.381 e. The van der Waals surface area contributed by atoms with Crippen LogP contribution in [0.1, 0.15) is 25.0 Å². The van der Waals surface area contributed by atoms with E-state index >= 15 is 0 Å². The van der Waals surface area contributed by atoms with Crippen LogP contribution in [0.3, 0.4) is 0 Å². The van der Waals surface area contributed by atoms with Crippen LogP contribution in [-0.4, -0.2) is 23.4 Å². The highest BCUT2D eigenvalue weighted by Gasteiger charge is 2.23. The van der Waals surface area contributed by atoms with E-state index in [4.69, 9.17) is 30.1 Å². The predicted octanol–water partition coefficient (Wildman–Crippen LogP) is 4.56. The third kappa shape index (κ3) is 4.98. The van der Waals surface area contributed by atoms with Crippen LogP contribution in [0.25, 0.3) is 0 Å². The second kappa shape index (κ2) is 8.53. The van der Waals surface area contributed by atoms with Gasteiger partial charge in [-0.05, 0) is 39.3 Å². The van der Waals surface area contributed by atoms with Crippen molar-refractivity contribution >= 4 is 18.5 Å². The Morgan fingerprint density at radius 3 is 2.25 bits per heavy atom. The molecule has 0 aliphatic carbocycles. The highest BCUT2D eigenvalue weighted by atomic mass is 32.5. The number of nitrogens with zero attached hydrogens (tertiary/aromatic N) is 2. The van der Waals surface area contributed by atoms with Gasteiger partial charge < -0.3 is 9.26 Å². The molecule has 1 aromatic carbocycles. The summed E-state index contributed by atoms with van der Waals surface area (Å²) in [5.41, 5.74) is 1.75. The standard InChI is InChI=1S/C16H21N2O4PS/c1-5-19-23(24,20-6-2)22-16-13(4)11-15(17-18-16)21-14-10-8-7-9-12(14)3/h7-11H,5-6H2,1-4H3. The van der Waals surface area contributed by atoms with E-state index in [-0.39, 0.29) is 5.88 Å². The van der Waals surface area contributed by atoms with Gasteiger partial charge in [-0.15, -0.1) is 10.2 Å². The Balaban J connectivity index is 2.17. The molecule has 0 unspecified atom stereocenters. The zero-order valence-electron chi connectivity index (χ0n) is 14.2. The Morgan fingerprint density at radius 1 is 1.00 bits per heavy atom. The monoisotopic (exact) mass is 368 g/mol. The topological polar surface area (TPSA) is 62.7 Å². The SMILES string of the molecule is CCOP(=S)(OCC)Oc1nnc(Oc2ccccc2C)cc1C. The van der Waals surface area contributed by atoms with Crippen molar-refractivity contribution in [2.24, 2.45) is 0 Å². The molecular formula is C16H21N2O4PS. The van der Waals surface area contributed by atoms with Crippen molar-refractivity contribution < 1.29 is 18.3 Å². The second-order valence-electron chi connectivity index (χ2n) is 4.91. The van der Waals surface area contributed by atoms with Crippen LogP contribution >= 0.6 is 6.72 Å². The highest BCUT2D eigenvalue weighted by Crippen LogP contribution is 2.49. The Kier molecular flexibility index (Phi) is 6.69. The number of para-hydroxylation sites is 1. The maximum absolute atomic E-state index is 5.76. The zero-order valence-corrected chi connectivity index (χ0v) is 15.9. The number of aryl methyl sites for hydroxylation is 2. The van der Waals surface area contributed by atoms with Crippen molar-refractivity contribution in [2.75, 3.05) is 13.2 Å². The Bertz CT molecular complexity index is 732. The minimum absolute atomic E-state index is 0.289. The minimum atomic E-state index is -2.87. The highest BCUT2D eigenvalue weighted by molar-refractivity contribution is 8.07. The summed E-state index contributed by atoms with van der Waals surface area (Å²) in [4.78, 5) is 0. The lowest BCUT2D eigenvalue weighted by Gasteiger charge is -2.21. The summed E-state index contributed by atoms with van der Waals surface area (Å²) >= 11 is 5.34. The van der Waals surface area contributed by atoms with Crippen molar-refractivity contribution in [1.29, 1.82) is 0 Å². The van der Waals surface area contributed by atoms with Gasteiger partial charge in [-0.3, -0.25) is 9.05 Å². The fourth-order valence-electron chi connectivity index (χ4n) is 1.89. The lowest BCUT2D eigenvalue weighted by atomic mass is 10.2. The van der Waals surface area contributed by atoms with Crippen molar-refractivity contribution in [3.8, 4) is 17.5 Å². The maximum Gasteiger partial charge on any atom is 0.381 e. The molecule has 2 aromatic rings. The van der Waals surface area contributed by atoms with Crippen LogP contribution in [0.2, 0.25) is 0 Å². The molecule has 130 valence electrons. The fourth-order valence-corrected chi connectivity index (χ4v) is 3.93. The van der Waals surface area contributed by atoms with E-state index in [1.807, 2.05) is 52.0 Å². The third-order valence-electron chi connectivity index (χ3n) is 3.00. The van der Waals surface area contributed by atoms with Crippen LogP contribution in [-0.2, 0) is 20.9 Å². The first-order valence-corrected chi connectivity index (χ1v) is 10.2. The molecule has 0 aliphatic rings. The van der Waals surface area contributed by atoms with E-state index in [0.717, 1.165) is 16.9 Å². The summed E-state index contributed by atoms with van der Waals surface area (Å²) in [5.74, 6) is 1.40.